The molecule has 2 aromatic rings. The molecule has 4 nitrogen and oxygen atoms in total. The molecule has 0 aromatic heterocycles. The second-order valence-corrected chi connectivity index (χ2v) is 6.39. The van der Waals surface area contributed by atoms with Crippen LogP contribution in [-0.2, 0) is 4.79 Å². The number of hydrogen-bond acceptors (Lipinski definition) is 3. The van der Waals surface area contributed by atoms with Crippen molar-refractivity contribution in [3.63, 3.8) is 0 Å². The zero-order chi connectivity index (χ0) is 21.7. The van der Waals surface area contributed by atoms with Crippen LogP contribution in [0.15, 0.2) is 12.1 Å². The molecule has 2 aromatic carbocycles. The van der Waals surface area contributed by atoms with Gasteiger partial charge in [0.2, 0.25) is 5.82 Å². The normalized spacial score (nSPS) is 18.2. The molecule has 1 heterocycles. The highest BCUT2D eigenvalue weighted by Gasteiger charge is 2.45. The minimum atomic E-state index is -2.80. The molecule has 1 amide bonds. The van der Waals surface area contributed by atoms with Crippen LogP contribution in [-0.4, -0.2) is 25.4 Å². The van der Waals surface area contributed by atoms with Crippen LogP contribution in [0.1, 0.15) is 12.5 Å². The second kappa shape index (κ2) is 6.95. The monoisotopic (exact) mass is 411 g/mol. The molecule has 1 aliphatic heterocycles. The standard InChI is InChI=1S/C20H14F5NO3/c1-5-6-26-12-7-10(11(21)8-13(12)29-20(3,25)19(26)27)14-9(2)15(22)17(24)18(28-4)16(14)23/h1,7-8H,6H2,2-4H3. The molecule has 0 bridgehead atoms. The Balaban J connectivity index is 2.32. The van der Waals surface area contributed by atoms with Gasteiger partial charge in [-0.3, -0.25) is 9.69 Å². The molecule has 152 valence electrons. The molecule has 0 fully saturated rings. The Morgan fingerprint density at radius 2 is 1.86 bits per heavy atom. The second-order valence-electron chi connectivity index (χ2n) is 6.39. The molecule has 0 aliphatic carbocycles. The van der Waals surface area contributed by atoms with Gasteiger partial charge in [0.15, 0.2) is 23.1 Å². The van der Waals surface area contributed by atoms with Crippen molar-refractivity contribution in [1.29, 1.82) is 0 Å². The Kier molecular flexibility index (Phi) is 4.91. The summed E-state index contributed by atoms with van der Waals surface area (Å²) in [5, 5.41) is 0. The van der Waals surface area contributed by atoms with Crippen molar-refractivity contribution in [2.24, 2.45) is 0 Å². The SMILES string of the molecule is C#CCN1C(=O)C(C)(F)Oc2cc(F)c(-c3c(C)c(F)c(F)c(OC)c3F)cc21. The topological polar surface area (TPSA) is 38.8 Å². The molecule has 0 saturated heterocycles. The lowest BCUT2D eigenvalue weighted by atomic mass is 9.96. The molecule has 3 rings (SSSR count). The third-order valence-electron chi connectivity index (χ3n) is 4.51. The van der Waals surface area contributed by atoms with E-state index in [1.165, 1.54) is 0 Å². The molecule has 0 saturated carbocycles. The maximum Gasteiger partial charge on any atom is 0.324 e. The first-order valence-corrected chi connectivity index (χ1v) is 8.23. The van der Waals surface area contributed by atoms with Gasteiger partial charge in [-0.05, 0) is 18.6 Å². The van der Waals surface area contributed by atoms with E-state index in [2.05, 4.69) is 10.7 Å². The first-order chi connectivity index (χ1) is 13.5. The highest BCUT2D eigenvalue weighted by Crippen LogP contribution is 2.45. The maximum atomic E-state index is 14.8. The van der Waals surface area contributed by atoms with Crippen molar-refractivity contribution in [3.8, 4) is 35.0 Å². The Hall–Kier alpha value is -3.28. The van der Waals surface area contributed by atoms with Crippen LogP contribution >= 0.6 is 0 Å². The molecular weight excluding hydrogens is 397 g/mol. The van der Waals surface area contributed by atoms with Crippen molar-refractivity contribution < 1.29 is 36.2 Å². The number of halogens is 5. The van der Waals surface area contributed by atoms with Gasteiger partial charge < -0.3 is 9.47 Å². The van der Waals surface area contributed by atoms with E-state index in [9.17, 15) is 26.7 Å². The summed E-state index contributed by atoms with van der Waals surface area (Å²) in [6.07, 6.45) is 5.22. The summed E-state index contributed by atoms with van der Waals surface area (Å²) >= 11 is 0. The van der Waals surface area contributed by atoms with Gasteiger partial charge in [-0.25, -0.2) is 13.2 Å². The third-order valence-corrected chi connectivity index (χ3v) is 4.51. The van der Waals surface area contributed by atoms with Crippen molar-refractivity contribution >= 4 is 11.6 Å². The van der Waals surface area contributed by atoms with Gasteiger partial charge in [-0.15, -0.1) is 6.42 Å². The number of nitrogens with zero attached hydrogens (tertiary/aromatic N) is 1. The van der Waals surface area contributed by atoms with Crippen LogP contribution in [0.4, 0.5) is 27.6 Å². The number of amides is 1. The van der Waals surface area contributed by atoms with Crippen molar-refractivity contribution in [2.45, 2.75) is 19.7 Å². The fraction of sp³-hybridized carbons (Fsp3) is 0.250. The van der Waals surface area contributed by atoms with E-state index in [4.69, 9.17) is 11.2 Å². The van der Waals surface area contributed by atoms with Gasteiger partial charge >= 0.3 is 11.8 Å². The molecule has 1 unspecified atom stereocenters. The number of anilines is 1. The molecule has 0 radical (unpaired) electrons. The van der Waals surface area contributed by atoms with Gasteiger partial charge in [0.05, 0.1) is 19.3 Å². The lowest BCUT2D eigenvalue weighted by Gasteiger charge is -2.35. The Morgan fingerprint density at radius 1 is 1.21 bits per heavy atom. The number of rotatable bonds is 3. The molecule has 29 heavy (non-hydrogen) atoms. The summed E-state index contributed by atoms with van der Waals surface area (Å²) in [5.41, 5.74) is -1.82. The summed E-state index contributed by atoms with van der Waals surface area (Å²) in [5.74, 6) is -8.65. The number of fused-ring (bicyclic) bond motifs is 1. The minimum absolute atomic E-state index is 0.151. The zero-order valence-electron chi connectivity index (χ0n) is 15.5. The van der Waals surface area contributed by atoms with Crippen LogP contribution in [0.25, 0.3) is 11.1 Å². The fourth-order valence-electron chi connectivity index (χ4n) is 3.12. The lowest BCUT2D eigenvalue weighted by molar-refractivity contribution is -0.149. The lowest BCUT2D eigenvalue weighted by Crippen LogP contribution is -2.51. The van der Waals surface area contributed by atoms with E-state index < -0.39 is 57.5 Å². The summed E-state index contributed by atoms with van der Waals surface area (Å²) in [7, 11) is 0.923. The number of carbonyl (C=O) groups excluding carboxylic acids is 1. The Bertz CT molecular complexity index is 1080. The predicted octanol–water partition coefficient (Wildman–Crippen LogP) is 4.27. The van der Waals surface area contributed by atoms with E-state index in [1.54, 1.807) is 0 Å². The minimum Gasteiger partial charge on any atom is -0.491 e. The smallest absolute Gasteiger partial charge is 0.324 e. The Morgan fingerprint density at radius 3 is 2.45 bits per heavy atom. The number of hydrogen-bond donors (Lipinski definition) is 0. The predicted molar refractivity (Wildman–Crippen MR) is 94.3 cm³/mol. The van der Waals surface area contributed by atoms with Gasteiger partial charge in [0, 0.05) is 24.1 Å². The average molecular weight is 411 g/mol. The van der Waals surface area contributed by atoms with Crippen molar-refractivity contribution in [3.05, 3.63) is 41.0 Å². The third kappa shape index (κ3) is 3.05. The average Bonchev–Trinajstić information content (AvgIpc) is 2.65. The zero-order valence-corrected chi connectivity index (χ0v) is 15.5. The largest absolute Gasteiger partial charge is 0.491 e. The van der Waals surface area contributed by atoms with E-state index >= 15 is 0 Å². The van der Waals surface area contributed by atoms with E-state index in [0.717, 1.165) is 31.9 Å². The number of methoxy groups -OCH3 is 1. The number of carbonyl (C=O) groups is 1. The summed E-state index contributed by atoms with van der Waals surface area (Å²) < 4.78 is 81.6. The molecule has 9 heteroatoms. The molecule has 1 atom stereocenters. The first-order valence-electron chi connectivity index (χ1n) is 8.23. The van der Waals surface area contributed by atoms with E-state index in [1.807, 2.05) is 0 Å². The van der Waals surface area contributed by atoms with Gasteiger partial charge in [-0.2, -0.15) is 8.78 Å². The number of alkyl halides is 1. The molecular formula is C20H14F5NO3. The van der Waals surface area contributed by atoms with Crippen LogP contribution in [0.3, 0.4) is 0 Å². The van der Waals surface area contributed by atoms with Crippen molar-refractivity contribution in [2.75, 3.05) is 18.6 Å². The molecule has 0 spiro atoms. The molecule has 1 aliphatic rings. The van der Waals surface area contributed by atoms with Crippen LogP contribution in [0.2, 0.25) is 0 Å². The fourth-order valence-corrected chi connectivity index (χ4v) is 3.12. The van der Waals surface area contributed by atoms with Crippen LogP contribution < -0.4 is 14.4 Å². The highest BCUT2D eigenvalue weighted by molar-refractivity contribution is 6.02. The number of terminal acetylenes is 1. The number of benzene rings is 2. The quantitative estimate of drug-likeness (QED) is 0.430. The maximum absolute atomic E-state index is 14.8. The van der Waals surface area contributed by atoms with Gasteiger partial charge in [-0.1, -0.05) is 5.92 Å². The van der Waals surface area contributed by atoms with Gasteiger partial charge in [0.1, 0.15) is 5.82 Å². The summed E-state index contributed by atoms with van der Waals surface area (Å²) in [4.78, 5) is 13.1. The Labute approximate surface area is 162 Å². The first kappa shape index (κ1) is 20.5. The van der Waals surface area contributed by atoms with E-state index in [-0.39, 0.29) is 18.0 Å². The van der Waals surface area contributed by atoms with Crippen LogP contribution in [0.5, 0.6) is 11.5 Å². The number of ether oxygens (including phenoxy) is 2. The highest BCUT2D eigenvalue weighted by atomic mass is 19.2. The van der Waals surface area contributed by atoms with Crippen molar-refractivity contribution in [1.82, 2.24) is 0 Å². The summed E-state index contributed by atoms with van der Waals surface area (Å²) in [6.45, 7) is 1.49. The van der Waals surface area contributed by atoms with E-state index in [0.29, 0.717) is 6.07 Å². The van der Waals surface area contributed by atoms with Crippen LogP contribution in [0, 0.1) is 42.5 Å². The van der Waals surface area contributed by atoms with Gasteiger partial charge in [0.25, 0.3) is 0 Å². The summed E-state index contributed by atoms with van der Waals surface area (Å²) in [6, 6.07) is 1.67. The molecule has 0 N–H and O–H groups in total.